The Labute approximate surface area is 114 Å². The van der Waals surface area contributed by atoms with Gasteiger partial charge in [0.1, 0.15) is 11.6 Å². The van der Waals surface area contributed by atoms with Gasteiger partial charge in [-0.05, 0) is 56.3 Å². The zero-order valence-electron chi connectivity index (χ0n) is 12.0. The van der Waals surface area contributed by atoms with E-state index >= 15 is 0 Å². The quantitative estimate of drug-likeness (QED) is 0.846. The summed E-state index contributed by atoms with van der Waals surface area (Å²) in [6.45, 7) is 3.75. The average Bonchev–Trinajstić information content (AvgIpc) is 2.86. The predicted molar refractivity (Wildman–Crippen MR) is 74.1 cm³/mol. The van der Waals surface area contributed by atoms with Gasteiger partial charge in [-0.3, -0.25) is 0 Å². The number of benzene rings is 1. The minimum Gasteiger partial charge on any atom is -0.312 e. The lowest BCUT2D eigenvalue weighted by molar-refractivity contribution is 0.191. The molecule has 0 bridgehead atoms. The maximum atomic E-state index is 14.2. The first kappa shape index (κ1) is 14.4. The van der Waals surface area contributed by atoms with E-state index in [4.69, 9.17) is 0 Å². The van der Waals surface area contributed by atoms with Gasteiger partial charge in [0.25, 0.3) is 0 Å². The van der Waals surface area contributed by atoms with Crippen molar-refractivity contribution in [3.05, 3.63) is 34.9 Å². The fourth-order valence-corrected chi connectivity index (χ4v) is 3.60. The van der Waals surface area contributed by atoms with Crippen LogP contribution in [0.5, 0.6) is 0 Å². The summed E-state index contributed by atoms with van der Waals surface area (Å²) in [5, 5.41) is 3.23. The van der Waals surface area contributed by atoms with Crippen molar-refractivity contribution in [3.8, 4) is 0 Å². The molecule has 1 saturated carbocycles. The van der Waals surface area contributed by atoms with Crippen LogP contribution in [0.15, 0.2) is 12.1 Å². The Kier molecular flexibility index (Phi) is 4.24. The van der Waals surface area contributed by atoms with Crippen LogP contribution in [-0.4, -0.2) is 7.05 Å². The smallest absolute Gasteiger partial charge is 0.128 e. The Hall–Kier alpha value is -0.960. The summed E-state index contributed by atoms with van der Waals surface area (Å²) in [6.07, 6.45) is 5.53. The Morgan fingerprint density at radius 3 is 2.37 bits per heavy atom. The summed E-state index contributed by atoms with van der Waals surface area (Å²) in [5.74, 6) is -0.612. The van der Waals surface area contributed by atoms with E-state index in [1.165, 1.54) is 25.0 Å². The van der Waals surface area contributed by atoms with E-state index in [2.05, 4.69) is 12.2 Å². The summed E-state index contributed by atoms with van der Waals surface area (Å²) in [6, 6.07) is 2.59. The predicted octanol–water partition coefficient (Wildman–Crippen LogP) is 4.50. The van der Waals surface area contributed by atoms with Crippen LogP contribution in [0.3, 0.4) is 0 Å². The van der Waals surface area contributed by atoms with Crippen molar-refractivity contribution in [1.82, 2.24) is 5.32 Å². The molecule has 0 radical (unpaired) electrons. The van der Waals surface area contributed by atoms with Crippen molar-refractivity contribution in [1.29, 1.82) is 0 Å². The van der Waals surface area contributed by atoms with Gasteiger partial charge in [0, 0.05) is 11.6 Å². The molecule has 106 valence electrons. The minimum atomic E-state index is -0.319. The Balaban J connectivity index is 2.44. The van der Waals surface area contributed by atoms with E-state index in [-0.39, 0.29) is 23.1 Å². The Bertz CT molecular complexity index is 450. The number of hydrogen-bond donors (Lipinski definition) is 1. The van der Waals surface area contributed by atoms with E-state index in [1.54, 1.807) is 6.92 Å². The molecule has 1 unspecified atom stereocenters. The van der Waals surface area contributed by atoms with Crippen LogP contribution in [-0.2, 0) is 0 Å². The molecule has 0 saturated heterocycles. The van der Waals surface area contributed by atoms with Crippen molar-refractivity contribution < 1.29 is 8.78 Å². The summed E-state index contributed by atoms with van der Waals surface area (Å²) in [4.78, 5) is 0. The van der Waals surface area contributed by atoms with Gasteiger partial charge in [0.2, 0.25) is 0 Å². The molecule has 0 spiro atoms. The lowest BCUT2D eigenvalue weighted by Gasteiger charge is -2.37. The van der Waals surface area contributed by atoms with Crippen LogP contribution in [0.25, 0.3) is 0 Å². The average molecular weight is 267 g/mol. The Morgan fingerprint density at radius 2 is 1.84 bits per heavy atom. The standard InChI is InChI=1S/C16H23F2N/c1-4-16(7-5-6-8-16)15(19-3)12-10-13(17)11(2)9-14(12)18/h9-10,15,19H,4-8H2,1-3H3. The first-order valence-electron chi connectivity index (χ1n) is 7.17. The van der Waals surface area contributed by atoms with Gasteiger partial charge < -0.3 is 5.32 Å². The molecule has 0 aliphatic heterocycles. The minimum absolute atomic E-state index is 0.0668. The highest BCUT2D eigenvalue weighted by Gasteiger charge is 2.41. The van der Waals surface area contributed by atoms with Gasteiger partial charge in [-0.15, -0.1) is 0 Å². The van der Waals surface area contributed by atoms with E-state index in [0.29, 0.717) is 11.1 Å². The maximum absolute atomic E-state index is 14.2. The zero-order chi connectivity index (χ0) is 14.0. The highest BCUT2D eigenvalue weighted by atomic mass is 19.1. The van der Waals surface area contributed by atoms with Gasteiger partial charge in [-0.1, -0.05) is 19.8 Å². The molecule has 1 N–H and O–H groups in total. The third-order valence-electron chi connectivity index (χ3n) is 4.79. The zero-order valence-corrected chi connectivity index (χ0v) is 12.0. The van der Waals surface area contributed by atoms with Gasteiger partial charge in [-0.25, -0.2) is 8.78 Å². The number of nitrogens with one attached hydrogen (secondary N) is 1. The molecule has 1 aromatic rings. The molecule has 1 aliphatic carbocycles. The second-order valence-corrected chi connectivity index (χ2v) is 5.77. The molecule has 2 rings (SSSR count). The molecule has 1 atom stereocenters. The Morgan fingerprint density at radius 1 is 1.21 bits per heavy atom. The van der Waals surface area contributed by atoms with Crippen LogP contribution in [0, 0.1) is 24.0 Å². The molecule has 1 fully saturated rings. The molecule has 1 nitrogen and oxygen atoms in total. The molecular weight excluding hydrogens is 244 g/mol. The summed E-state index contributed by atoms with van der Waals surface area (Å²) >= 11 is 0. The SMILES string of the molecule is CCC1(C(NC)c2cc(F)c(C)cc2F)CCCC1. The first-order valence-corrected chi connectivity index (χ1v) is 7.17. The molecule has 1 aromatic carbocycles. The third-order valence-corrected chi connectivity index (χ3v) is 4.79. The van der Waals surface area contributed by atoms with Gasteiger partial charge in [0.05, 0.1) is 0 Å². The number of rotatable bonds is 4. The molecule has 0 amide bonds. The van der Waals surface area contributed by atoms with Crippen molar-refractivity contribution in [2.75, 3.05) is 7.05 Å². The van der Waals surface area contributed by atoms with Crippen molar-refractivity contribution in [3.63, 3.8) is 0 Å². The highest BCUT2D eigenvalue weighted by molar-refractivity contribution is 5.29. The second kappa shape index (κ2) is 5.58. The summed E-state index contributed by atoms with van der Waals surface area (Å²) in [5.41, 5.74) is 0.916. The lowest BCUT2D eigenvalue weighted by atomic mass is 9.73. The largest absolute Gasteiger partial charge is 0.312 e. The number of hydrogen-bond acceptors (Lipinski definition) is 1. The maximum Gasteiger partial charge on any atom is 0.128 e. The molecule has 19 heavy (non-hydrogen) atoms. The molecular formula is C16H23F2N. The fraction of sp³-hybridized carbons (Fsp3) is 0.625. The highest BCUT2D eigenvalue weighted by Crippen LogP contribution is 2.50. The van der Waals surface area contributed by atoms with E-state index in [1.807, 2.05) is 7.05 Å². The monoisotopic (exact) mass is 267 g/mol. The van der Waals surface area contributed by atoms with Crippen LogP contribution in [0.2, 0.25) is 0 Å². The van der Waals surface area contributed by atoms with Crippen LogP contribution >= 0.6 is 0 Å². The van der Waals surface area contributed by atoms with E-state index < -0.39 is 0 Å². The fourth-order valence-electron chi connectivity index (χ4n) is 3.60. The van der Waals surface area contributed by atoms with E-state index in [0.717, 1.165) is 19.3 Å². The van der Waals surface area contributed by atoms with Crippen LogP contribution < -0.4 is 5.32 Å². The molecule has 1 aliphatic rings. The van der Waals surface area contributed by atoms with E-state index in [9.17, 15) is 8.78 Å². The van der Waals surface area contributed by atoms with Crippen molar-refractivity contribution in [2.45, 2.75) is 52.0 Å². The molecule has 0 aromatic heterocycles. The summed E-state index contributed by atoms with van der Waals surface area (Å²) in [7, 11) is 1.84. The normalized spacial score (nSPS) is 19.6. The van der Waals surface area contributed by atoms with Crippen molar-refractivity contribution in [2.24, 2.45) is 5.41 Å². The topological polar surface area (TPSA) is 12.0 Å². The number of aryl methyl sites for hydroxylation is 1. The molecule has 0 heterocycles. The first-order chi connectivity index (χ1) is 9.04. The summed E-state index contributed by atoms with van der Waals surface area (Å²) < 4.78 is 28.0. The van der Waals surface area contributed by atoms with Gasteiger partial charge in [0.15, 0.2) is 0 Å². The lowest BCUT2D eigenvalue weighted by Crippen LogP contribution is -2.35. The third kappa shape index (κ3) is 2.53. The second-order valence-electron chi connectivity index (χ2n) is 5.77. The van der Waals surface area contributed by atoms with Crippen LogP contribution in [0.4, 0.5) is 8.78 Å². The van der Waals surface area contributed by atoms with Gasteiger partial charge in [-0.2, -0.15) is 0 Å². The van der Waals surface area contributed by atoms with Gasteiger partial charge >= 0.3 is 0 Å². The van der Waals surface area contributed by atoms with Crippen molar-refractivity contribution >= 4 is 0 Å². The number of halogens is 2. The van der Waals surface area contributed by atoms with Crippen LogP contribution in [0.1, 0.15) is 56.2 Å². The molecule has 3 heteroatoms.